The van der Waals surface area contributed by atoms with E-state index in [2.05, 4.69) is 0 Å². The first kappa shape index (κ1) is 19.9. The summed E-state index contributed by atoms with van der Waals surface area (Å²) in [6.07, 6.45) is 7.84. The van der Waals surface area contributed by atoms with Crippen LogP contribution >= 0.6 is 11.6 Å². The van der Waals surface area contributed by atoms with Crippen LogP contribution in [0.25, 0.3) is 0 Å². The fourth-order valence-corrected chi connectivity index (χ4v) is 3.77. The van der Waals surface area contributed by atoms with Crippen LogP contribution in [0, 0.1) is 17.8 Å². The number of rotatable bonds is 3. The van der Waals surface area contributed by atoms with Gasteiger partial charge in [-0.1, -0.05) is 25.7 Å². The van der Waals surface area contributed by atoms with Gasteiger partial charge in [-0.25, -0.2) is 0 Å². The lowest BCUT2D eigenvalue weighted by Gasteiger charge is -2.32. The maximum absolute atomic E-state index is 12.0. The fraction of sp³-hybridized carbons (Fsp3) is 0.778. The van der Waals surface area contributed by atoms with Crippen molar-refractivity contribution in [2.75, 3.05) is 0 Å². The predicted octanol–water partition coefficient (Wildman–Crippen LogP) is 3.14. The Balaban J connectivity index is 0.000000236. The molecule has 7 heteroatoms. The molecular weight excluding hydrogens is 348 g/mol. The Kier molecular flexibility index (Phi) is 6.60. The van der Waals surface area contributed by atoms with E-state index in [-0.39, 0.29) is 22.9 Å². The third-order valence-corrected chi connectivity index (χ3v) is 5.19. The Labute approximate surface area is 152 Å². The second kappa shape index (κ2) is 8.30. The molecular formula is C18H25ClO6. The van der Waals surface area contributed by atoms with Gasteiger partial charge in [0.15, 0.2) is 5.78 Å². The first-order chi connectivity index (χ1) is 11.7. The number of carbonyl (C=O) groups excluding carboxylic acids is 4. The first-order valence-electron chi connectivity index (χ1n) is 8.90. The quantitative estimate of drug-likeness (QED) is 0.429. The van der Waals surface area contributed by atoms with Crippen molar-refractivity contribution >= 4 is 34.6 Å². The summed E-state index contributed by atoms with van der Waals surface area (Å²) in [5.74, 6) is -4.52. The van der Waals surface area contributed by atoms with E-state index in [4.69, 9.17) is 21.1 Å². The van der Waals surface area contributed by atoms with E-state index in [0.717, 1.165) is 38.5 Å². The second-order valence-electron chi connectivity index (χ2n) is 7.34. The van der Waals surface area contributed by atoms with Crippen LogP contribution in [0.5, 0.6) is 0 Å². The highest BCUT2D eigenvalue weighted by molar-refractivity contribution is 6.64. The molecule has 2 aliphatic carbocycles. The van der Waals surface area contributed by atoms with Crippen LogP contribution in [0.2, 0.25) is 0 Å². The van der Waals surface area contributed by atoms with E-state index in [1.165, 1.54) is 26.7 Å². The minimum Gasteiger partial charge on any atom is -0.422 e. The summed E-state index contributed by atoms with van der Waals surface area (Å²) < 4.78 is 9.87. The molecule has 1 saturated heterocycles. The lowest BCUT2D eigenvalue weighted by atomic mass is 9.91. The average Bonchev–Trinajstić information content (AvgIpc) is 3.20. The number of ether oxygens (including phenoxy) is 2. The molecule has 0 radical (unpaired) electrons. The van der Waals surface area contributed by atoms with Crippen molar-refractivity contribution in [2.24, 2.45) is 17.8 Å². The summed E-state index contributed by atoms with van der Waals surface area (Å²) in [4.78, 5) is 45.8. The molecule has 0 aromatic carbocycles. The number of hydrogen-bond donors (Lipinski definition) is 0. The lowest BCUT2D eigenvalue weighted by molar-refractivity contribution is -0.238. The molecule has 0 aromatic heterocycles. The van der Waals surface area contributed by atoms with Gasteiger partial charge in [0, 0.05) is 25.7 Å². The smallest absolute Gasteiger partial charge is 0.331 e. The Morgan fingerprint density at radius 3 is 1.64 bits per heavy atom. The molecule has 0 bridgehead atoms. The summed E-state index contributed by atoms with van der Waals surface area (Å²) in [5.41, 5.74) is 0. The van der Waals surface area contributed by atoms with Crippen LogP contribution < -0.4 is 0 Å². The number of halogens is 1. The van der Waals surface area contributed by atoms with Gasteiger partial charge in [-0.15, -0.1) is 0 Å². The minimum atomic E-state index is -1.37. The molecule has 0 N–H and O–H groups in total. The maximum Gasteiger partial charge on any atom is 0.331 e. The van der Waals surface area contributed by atoms with Crippen molar-refractivity contribution in [2.45, 2.75) is 71.0 Å². The maximum atomic E-state index is 12.0. The fourth-order valence-electron chi connectivity index (χ4n) is 3.55. The highest BCUT2D eigenvalue weighted by Crippen LogP contribution is 2.32. The second-order valence-corrected chi connectivity index (χ2v) is 7.72. The van der Waals surface area contributed by atoms with Crippen molar-refractivity contribution in [1.29, 1.82) is 0 Å². The molecule has 3 fully saturated rings. The molecule has 0 aromatic rings. The van der Waals surface area contributed by atoms with Crippen LogP contribution in [0.3, 0.4) is 0 Å². The topological polar surface area (TPSA) is 86.7 Å². The number of cyclic esters (lactones) is 2. The standard InChI is InChI=1S/C12H16O5.C6H9ClO/c1-12(2)16-10(14)8(11(15)17-12)9(13)7-5-3-4-6-7;7-6(8)5-3-1-2-4-5/h7-8H,3-6H2,1-2H3;5H,1-4H2. The van der Waals surface area contributed by atoms with Crippen molar-refractivity contribution in [3.63, 3.8) is 0 Å². The number of carbonyl (C=O) groups is 4. The van der Waals surface area contributed by atoms with Crippen LogP contribution in [0.15, 0.2) is 0 Å². The summed E-state index contributed by atoms with van der Waals surface area (Å²) in [7, 11) is 0. The van der Waals surface area contributed by atoms with Gasteiger partial charge < -0.3 is 9.47 Å². The Morgan fingerprint density at radius 2 is 1.28 bits per heavy atom. The van der Waals surface area contributed by atoms with Crippen molar-refractivity contribution < 1.29 is 28.7 Å². The zero-order valence-corrected chi connectivity index (χ0v) is 15.5. The van der Waals surface area contributed by atoms with Gasteiger partial charge in [-0.2, -0.15) is 0 Å². The number of ketones is 1. The summed E-state index contributed by atoms with van der Waals surface area (Å²) in [6.45, 7) is 2.94. The third kappa shape index (κ3) is 5.27. The lowest BCUT2D eigenvalue weighted by Crippen LogP contribution is -2.50. The van der Waals surface area contributed by atoms with Crippen LogP contribution in [-0.2, 0) is 28.7 Å². The van der Waals surface area contributed by atoms with E-state index in [9.17, 15) is 19.2 Å². The van der Waals surface area contributed by atoms with Gasteiger partial charge in [0.25, 0.3) is 5.79 Å². The predicted molar refractivity (Wildman–Crippen MR) is 89.5 cm³/mol. The molecule has 140 valence electrons. The molecule has 6 nitrogen and oxygen atoms in total. The van der Waals surface area contributed by atoms with E-state index in [1.54, 1.807) is 0 Å². The van der Waals surface area contributed by atoms with Gasteiger partial charge in [0.2, 0.25) is 11.2 Å². The summed E-state index contributed by atoms with van der Waals surface area (Å²) >= 11 is 5.25. The molecule has 0 amide bonds. The molecule has 25 heavy (non-hydrogen) atoms. The van der Waals surface area contributed by atoms with Crippen LogP contribution in [-0.4, -0.2) is 28.8 Å². The number of hydrogen-bond acceptors (Lipinski definition) is 6. The van der Waals surface area contributed by atoms with Gasteiger partial charge >= 0.3 is 11.9 Å². The SMILES string of the molecule is CC1(C)OC(=O)C(C(=O)C2CCCC2)C(=O)O1.O=C(Cl)C1CCCC1. The van der Waals surface area contributed by atoms with Gasteiger partial charge in [0.1, 0.15) is 0 Å². The van der Waals surface area contributed by atoms with Gasteiger partial charge in [0.05, 0.1) is 0 Å². The van der Waals surface area contributed by atoms with Gasteiger partial charge in [-0.3, -0.25) is 19.2 Å². The minimum absolute atomic E-state index is 0.137. The zero-order chi connectivity index (χ0) is 18.6. The molecule has 0 atom stereocenters. The number of esters is 2. The highest BCUT2D eigenvalue weighted by Gasteiger charge is 2.49. The molecule has 0 unspecified atom stereocenters. The Bertz CT molecular complexity index is 524. The van der Waals surface area contributed by atoms with Crippen molar-refractivity contribution in [3.05, 3.63) is 0 Å². The third-order valence-electron chi connectivity index (χ3n) is 4.88. The van der Waals surface area contributed by atoms with Crippen LogP contribution in [0.4, 0.5) is 0 Å². The molecule has 3 aliphatic rings. The highest BCUT2D eigenvalue weighted by atomic mass is 35.5. The summed E-state index contributed by atoms with van der Waals surface area (Å²) in [6, 6.07) is 0. The molecule has 0 spiro atoms. The monoisotopic (exact) mass is 372 g/mol. The average molecular weight is 373 g/mol. The molecule has 3 rings (SSSR count). The number of Topliss-reactive ketones (excluding diaryl/α,β-unsaturated/α-hetero) is 1. The largest absolute Gasteiger partial charge is 0.422 e. The molecule has 1 heterocycles. The van der Waals surface area contributed by atoms with Crippen LogP contribution in [0.1, 0.15) is 65.2 Å². The van der Waals surface area contributed by atoms with Crippen molar-refractivity contribution in [1.82, 2.24) is 0 Å². The summed E-state index contributed by atoms with van der Waals surface area (Å²) in [5, 5.41) is -0.137. The molecule has 2 saturated carbocycles. The Hall–Kier alpha value is -1.43. The van der Waals surface area contributed by atoms with Crippen molar-refractivity contribution in [3.8, 4) is 0 Å². The Morgan fingerprint density at radius 1 is 0.880 bits per heavy atom. The van der Waals surface area contributed by atoms with Gasteiger partial charge in [-0.05, 0) is 37.3 Å². The molecule has 1 aliphatic heterocycles. The van der Waals surface area contributed by atoms with E-state index < -0.39 is 23.6 Å². The zero-order valence-electron chi connectivity index (χ0n) is 14.7. The first-order valence-corrected chi connectivity index (χ1v) is 9.28. The normalized spacial score (nSPS) is 24.3. The van der Waals surface area contributed by atoms with E-state index in [0.29, 0.717) is 0 Å². The van der Waals surface area contributed by atoms with E-state index in [1.807, 2.05) is 0 Å². The van der Waals surface area contributed by atoms with E-state index >= 15 is 0 Å².